The van der Waals surface area contributed by atoms with E-state index in [0.29, 0.717) is 17.3 Å². The second-order valence-electron chi connectivity index (χ2n) is 7.27. The SMILES string of the molecule is COc1cc(OC)cc(C(Nc2ccc(S(=O)(=O)NC(C)C)cn2)c2nccn2C)c1. The van der Waals surface area contributed by atoms with Gasteiger partial charge in [-0.05, 0) is 43.7 Å². The number of aromatic nitrogens is 3. The van der Waals surface area contributed by atoms with Gasteiger partial charge in [0, 0.05) is 37.7 Å². The number of ether oxygens (including phenoxy) is 2. The Morgan fingerprint density at radius 1 is 1.03 bits per heavy atom. The van der Waals surface area contributed by atoms with Gasteiger partial charge in [-0.3, -0.25) is 0 Å². The molecule has 0 aliphatic rings. The van der Waals surface area contributed by atoms with E-state index in [-0.39, 0.29) is 17.0 Å². The second kappa shape index (κ2) is 9.36. The van der Waals surface area contributed by atoms with E-state index in [0.717, 1.165) is 11.4 Å². The molecule has 3 aromatic rings. The molecule has 0 aliphatic heterocycles. The maximum absolute atomic E-state index is 12.4. The fourth-order valence-corrected chi connectivity index (χ4v) is 4.29. The van der Waals surface area contributed by atoms with Crippen molar-refractivity contribution in [1.29, 1.82) is 0 Å². The quantitative estimate of drug-likeness (QED) is 0.521. The first-order valence-corrected chi connectivity index (χ1v) is 11.2. The lowest BCUT2D eigenvalue weighted by Gasteiger charge is -2.21. The Balaban J connectivity index is 1.97. The number of hydrogen-bond acceptors (Lipinski definition) is 7. The normalized spacial score (nSPS) is 12.6. The zero-order chi connectivity index (χ0) is 22.6. The molecule has 0 aliphatic carbocycles. The maximum atomic E-state index is 12.4. The number of imidazole rings is 1. The number of sulfonamides is 1. The number of rotatable bonds is 9. The Labute approximate surface area is 182 Å². The zero-order valence-electron chi connectivity index (χ0n) is 18.2. The molecule has 166 valence electrons. The molecule has 0 bridgehead atoms. The summed E-state index contributed by atoms with van der Waals surface area (Å²) >= 11 is 0. The number of anilines is 1. The molecule has 2 N–H and O–H groups in total. The van der Waals surface area contributed by atoms with Crippen molar-refractivity contribution in [3.05, 3.63) is 60.3 Å². The molecule has 0 saturated carbocycles. The van der Waals surface area contributed by atoms with Crippen molar-refractivity contribution in [3.8, 4) is 11.5 Å². The van der Waals surface area contributed by atoms with Gasteiger partial charge in [0.1, 0.15) is 34.1 Å². The van der Waals surface area contributed by atoms with Gasteiger partial charge < -0.3 is 19.4 Å². The molecule has 2 aromatic heterocycles. The van der Waals surface area contributed by atoms with Gasteiger partial charge in [0.2, 0.25) is 10.0 Å². The molecule has 0 amide bonds. The van der Waals surface area contributed by atoms with Gasteiger partial charge in [0.15, 0.2) is 0 Å². The Kier molecular flexibility index (Phi) is 6.81. The Bertz CT molecular complexity index is 1100. The van der Waals surface area contributed by atoms with Crippen LogP contribution < -0.4 is 19.5 Å². The Morgan fingerprint density at radius 3 is 2.19 bits per heavy atom. The molecule has 1 unspecified atom stereocenters. The first kappa shape index (κ1) is 22.6. The second-order valence-corrected chi connectivity index (χ2v) is 8.99. The van der Waals surface area contributed by atoms with E-state index in [2.05, 4.69) is 20.0 Å². The van der Waals surface area contributed by atoms with Gasteiger partial charge in [0.25, 0.3) is 0 Å². The van der Waals surface area contributed by atoms with Gasteiger partial charge in [-0.15, -0.1) is 0 Å². The highest BCUT2D eigenvalue weighted by Gasteiger charge is 2.22. The van der Waals surface area contributed by atoms with Crippen LogP contribution in [0.1, 0.15) is 31.3 Å². The minimum Gasteiger partial charge on any atom is -0.497 e. The van der Waals surface area contributed by atoms with Crippen LogP contribution >= 0.6 is 0 Å². The lowest BCUT2D eigenvalue weighted by molar-refractivity contribution is 0.393. The standard InChI is InChI=1S/C21H27N5O4S/c1-14(2)25-31(27,28)18-6-7-19(23-13-18)24-20(21-22-8-9-26(21)3)15-10-16(29-4)12-17(11-15)30-5/h6-14,20,25H,1-5H3,(H,23,24). The van der Waals surface area contributed by atoms with E-state index in [4.69, 9.17) is 9.47 Å². The van der Waals surface area contributed by atoms with Crippen molar-refractivity contribution < 1.29 is 17.9 Å². The maximum Gasteiger partial charge on any atom is 0.242 e. The van der Waals surface area contributed by atoms with Crippen LogP contribution in [-0.4, -0.2) is 43.2 Å². The summed E-state index contributed by atoms with van der Waals surface area (Å²) in [6.45, 7) is 3.53. The monoisotopic (exact) mass is 445 g/mol. The number of hydrogen-bond donors (Lipinski definition) is 2. The molecule has 0 saturated heterocycles. The van der Waals surface area contributed by atoms with E-state index in [9.17, 15) is 8.42 Å². The molecule has 10 heteroatoms. The van der Waals surface area contributed by atoms with Crippen molar-refractivity contribution in [2.45, 2.75) is 30.8 Å². The van der Waals surface area contributed by atoms with Crippen LogP contribution in [-0.2, 0) is 17.1 Å². The van der Waals surface area contributed by atoms with E-state index in [1.165, 1.54) is 12.3 Å². The third-order valence-electron chi connectivity index (χ3n) is 4.55. The predicted octanol–water partition coefficient (Wildman–Crippen LogP) is 2.72. The minimum atomic E-state index is -3.61. The van der Waals surface area contributed by atoms with Crippen molar-refractivity contribution in [2.24, 2.45) is 7.05 Å². The number of methoxy groups -OCH3 is 2. The van der Waals surface area contributed by atoms with Crippen LogP contribution in [0.5, 0.6) is 11.5 Å². The number of pyridine rings is 1. The predicted molar refractivity (Wildman–Crippen MR) is 118 cm³/mol. The van der Waals surface area contributed by atoms with Crippen LogP contribution in [0.4, 0.5) is 5.82 Å². The van der Waals surface area contributed by atoms with Gasteiger partial charge in [-0.1, -0.05) is 0 Å². The number of benzene rings is 1. The van der Waals surface area contributed by atoms with Crippen LogP contribution in [0, 0.1) is 0 Å². The van der Waals surface area contributed by atoms with Crippen molar-refractivity contribution >= 4 is 15.8 Å². The molecule has 1 aromatic carbocycles. The highest BCUT2D eigenvalue weighted by molar-refractivity contribution is 7.89. The molecule has 31 heavy (non-hydrogen) atoms. The van der Waals surface area contributed by atoms with Gasteiger partial charge in [0.05, 0.1) is 14.2 Å². The fourth-order valence-electron chi connectivity index (χ4n) is 3.10. The summed E-state index contributed by atoms with van der Waals surface area (Å²) in [5.41, 5.74) is 0.852. The van der Waals surface area contributed by atoms with Gasteiger partial charge >= 0.3 is 0 Å². The number of aryl methyl sites for hydroxylation is 1. The van der Waals surface area contributed by atoms with E-state index in [1.807, 2.05) is 29.9 Å². The molecule has 2 heterocycles. The number of nitrogens with one attached hydrogen (secondary N) is 2. The molecule has 0 radical (unpaired) electrons. The first-order valence-electron chi connectivity index (χ1n) is 9.68. The molecular weight excluding hydrogens is 418 g/mol. The summed E-state index contributed by atoms with van der Waals surface area (Å²) < 4.78 is 40.0. The summed E-state index contributed by atoms with van der Waals surface area (Å²) in [7, 11) is 1.47. The van der Waals surface area contributed by atoms with Gasteiger partial charge in [-0.2, -0.15) is 0 Å². The van der Waals surface area contributed by atoms with Crippen molar-refractivity contribution in [3.63, 3.8) is 0 Å². The topological polar surface area (TPSA) is 107 Å². The molecular formula is C21H27N5O4S. The van der Waals surface area contributed by atoms with Gasteiger partial charge in [-0.25, -0.2) is 23.1 Å². The number of nitrogens with zero attached hydrogens (tertiary/aromatic N) is 3. The third kappa shape index (κ3) is 5.33. The molecule has 0 spiro atoms. The van der Waals surface area contributed by atoms with Crippen molar-refractivity contribution in [2.75, 3.05) is 19.5 Å². The molecule has 3 rings (SSSR count). The summed E-state index contributed by atoms with van der Waals surface area (Å²) in [5.74, 6) is 2.53. The van der Waals surface area contributed by atoms with E-state index >= 15 is 0 Å². The average molecular weight is 446 g/mol. The lowest BCUT2D eigenvalue weighted by atomic mass is 10.0. The lowest BCUT2D eigenvalue weighted by Crippen LogP contribution is -2.30. The highest BCUT2D eigenvalue weighted by Crippen LogP contribution is 2.31. The highest BCUT2D eigenvalue weighted by atomic mass is 32.2. The van der Waals surface area contributed by atoms with E-state index < -0.39 is 10.0 Å². The summed E-state index contributed by atoms with van der Waals surface area (Å²) in [5, 5.41) is 3.34. The summed E-state index contributed by atoms with van der Waals surface area (Å²) in [4.78, 5) is 8.89. The van der Waals surface area contributed by atoms with Crippen LogP contribution in [0.3, 0.4) is 0 Å². The van der Waals surface area contributed by atoms with Crippen LogP contribution in [0.2, 0.25) is 0 Å². The fraction of sp³-hybridized carbons (Fsp3) is 0.333. The van der Waals surface area contributed by atoms with Crippen molar-refractivity contribution in [1.82, 2.24) is 19.3 Å². The zero-order valence-corrected chi connectivity index (χ0v) is 19.0. The van der Waals surface area contributed by atoms with Crippen LogP contribution in [0.15, 0.2) is 53.8 Å². The smallest absolute Gasteiger partial charge is 0.242 e. The third-order valence-corrected chi connectivity index (χ3v) is 6.20. The minimum absolute atomic E-state index is 0.100. The average Bonchev–Trinajstić information content (AvgIpc) is 3.16. The van der Waals surface area contributed by atoms with Crippen LogP contribution in [0.25, 0.3) is 0 Å². The molecule has 1 atom stereocenters. The van der Waals surface area contributed by atoms with E-state index in [1.54, 1.807) is 46.4 Å². The summed E-state index contributed by atoms with van der Waals surface area (Å²) in [6.07, 6.45) is 4.89. The Morgan fingerprint density at radius 2 is 1.71 bits per heavy atom. The largest absolute Gasteiger partial charge is 0.497 e. The first-order chi connectivity index (χ1) is 14.7. The molecule has 9 nitrogen and oxygen atoms in total. The Hall–Kier alpha value is -3.11. The summed E-state index contributed by atoms with van der Waals surface area (Å²) in [6, 6.07) is 8.12. The molecule has 0 fully saturated rings.